The molecule has 0 spiro atoms. The Morgan fingerprint density at radius 2 is 1.64 bits per heavy atom. The zero-order valence-corrected chi connectivity index (χ0v) is 18.3. The molecule has 0 bridgehead atoms. The van der Waals surface area contributed by atoms with Crippen LogP contribution in [0, 0.1) is 0 Å². The van der Waals surface area contributed by atoms with Crippen molar-refractivity contribution in [3.05, 3.63) is 52.6 Å². The molecule has 0 unspecified atom stereocenters. The van der Waals surface area contributed by atoms with Crippen LogP contribution in [0.2, 0.25) is 0 Å². The minimum atomic E-state index is -0.968. The van der Waals surface area contributed by atoms with Crippen LogP contribution in [0.3, 0.4) is 0 Å². The maximum atomic E-state index is 12.2. The topological polar surface area (TPSA) is 57.5 Å². The van der Waals surface area contributed by atoms with Gasteiger partial charge in [-0.2, -0.15) is 0 Å². The summed E-state index contributed by atoms with van der Waals surface area (Å²) in [6, 6.07) is 9.74. The van der Waals surface area contributed by atoms with Crippen molar-refractivity contribution in [1.82, 2.24) is 0 Å². The molecule has 0 fully saturated rings. The van der Waals surface area contributed by atoms with E-state index in [-0.39, 0.29) is 16.7 Å². The number of benzene rings is 2. The highest BCUT2D eigenvalue weighted by molar-refractivity contribution is 5.98. The Balaban J connectivity index is 2.90. The van der Waals surface area contributed by atoms with Gasteiger partial charge < -0.3 is 10.2 Å². The molecule has 3 nitrogen and oxygen atoms in total. The quantitative estimate of drug-likeness (QED) is 0.605. The normalized spacial score (nSPS) is 12.2. The Labute approximate surface area is 169 Å². The molecule has 0 aromatic heterocycles. The molecule has 0 radical (unpaired) electrons. The third-order valence-corrected chi connectivity index (χ3v) is 5.12. The first-order chi connectivity index (χ1) is 12.9. The lowest BCUT2D eigenvalue weighted by Gasteiger charge is -2.31. The highest BCUT2D eigenvalue weighted by Gasteiger charge is 2.32. The Morgan fingerprint density at radius 3 is 2.14 bits per heavy atom. The summed E-state index contributed by atoms with van der Waals surface area (Å²) >= 11 is 0. The zero-order chi connectivity index (χ0) is 21.3. The van der Waals surface area contributed by atoms with Gasteiger partial charge in [-0.25, -0.2) is 4.79 Å². The van der Waals surface area contributed by atoms with Crippen LogP contribution in [-0.2, 0) is 17.3 Å². The SMILES string of the molecule is CCCCc1cccc(-c2c(C(=O)O)cc(C(C)(C)C)c(O)c2C(C)(C)C)c1. The first-order valence-electron chi connectivity index (χ1n) is 10.1. The van der Waals surface area contributed by atoms with Crippen LogP contribution < -0.4 is 0 Å². The molecule has 2 aromatic carbocycles. The fourth-order valence-corrected chi connectivity index (χ4v) is 3.71. The largest absolute Gasteiger partial charge is 0.507 e. The summed E-state index contributed by atoms with van der Waals surface area (Å²) in [5, 5.41) is 21.3. The molecule has 3 heteroatoms. The van der Waals surface area contributed by atoms with Crippen molar-refractivity contribution in [3.63, 3.8) is 0 Å². The van der Waals surface area contributed by atoms with Gasteiger partial charge in [0.15, 0.2) is 0 Å². The Hall–Kier alpha value is -2.29. The number of hydrogen-bond acceptors (Lipinski definition) is 2. The van der Waals surface area contributed by atoms with Gasteiger partial charge in [0.25, 0.3) is 0 Å². The highest BCUT2D eigenvalue weighted by Crippen LogP contribution is 2.46. The smallest absolute Gasteiger partial charge is 0.336 e. The number of unbranched alkanes of at least 4 members (excludes halogenated alkanes) is 1. The van der Waals surface area contributed by atoms with E-state index in [0.717, 1.165) is 24.8 Å². The molecule has 2 rings (SSSR count). The van der Waals surface area contributed by atoms with E-state index in [1.807, 2.05) is 53.7 Å². The van der Waals surface area contributed by atoms with Crippen LogP contribution in [0.1, 0.15) is 88.4 Å². The minimum absolute atomic E-state index is 0.207. The first-order valence-corrected chi connectivity index (χ1v) is 10.1. The number of hydrogen-bond donors (Lipinski definition) is 2. The molecule has 0 aliphatic rings. The lowest BCUT2D eigenvalue weighted by atomic mass is 9.74. The summed E-state index contributed by atoms with van der Waals surface area (Å²) in [4.78, 5) is 12.2. The number of carboxylic acid groups (broad SMARTS) is 1. The average Bonchev–Trinajstić information content (AvgIpc) is 2.57. The number of carboxylic acids is 1. The molecule has 0 aliphatic heterocycles. The van der Waals surface area contributed by atoms with Crippen LogP contribution in [0.15, 0.2) is 30.3 Å². The Bertz CT molecular complexity index is 865. The van der Waals surface area contributed by atoms with Crippen molar-refractivity contribution in [2.75, 3.05) is 0 Å². The van der Waals surface area contributed by atoms with Gasteiger partial charge in [-0.1, -0.05) is 79.2 Å². The van der Waals surface area contributed by atoms with Gasteiger partial charge in [-0.3, -0.25) is 0 Å². The predicted octanol–water partition coefficient (Wildman–Crippen LogP) is 6.70. The number of carbonyl (C=O) groups is 1. The van der Waals surface area contributed by atoms with Gasteiger partial charge in [0, 0.05) is 16.7 Å². The van der Waals surface area contributed by atoms with Crippen molar-refractivity contribution in [1.29, 1.82) is 0 Å². The maximum Gasteiger partial charge on any atom is 0.336 e. The van der Waals surface area contributed by atoms with E-state index in [1.165, 1.54) is 5.56 Å². The van der Waals surface area contributed by atoms with Gasteiger partial charge in [0.05, 0.1) is 5.56 Å². The summed E-state index contributed by atoms with van der Waals surface area (Å²) in [7, 11) is 0. The van der Waals surface area contributed by atoms with Gasteiger partial charge in [0.1, 0.15) is 5.75 Å². The Kier molecular flexibility index (Phi) is 6.27. The average molecular weight is 383 g/mol. The lowest BCUT2D eigenvalue weighted by Crippen LogP contribution is -2.21. The molecule has 0 aliphatic carbocycles. The van der Waals surface area contributed by atoms with Crippen LogP contribution in [0.5, 0.6) is 5.75 Å². The Morgan fingerprint density at radius 1 is 1.00 bits per heavy atom. The molecule has 152 valence electrons. The number of aromatic carboxylic acids is 1. The van der Waals surface area contributed by atoms with E-state index in [4.69, 9.17) is 0 Å². The van der Waals surface area contributed by atoms with Crippen molar-refractivity contribution < 1.29 is 15.0 Å². The molecule has 0 atom stereocenters. The maximum absolute atomic E-state index is 12.2. The van der Waals surface area contributed by atoms with E-state index < -0.39 is 11.4 Å². The molecule has 2 aromatic rings. The number of aromatic hydroxyl groups is 1. The van der Waals surface area contributed by atoms with Gasteiger partial charge in [0.2, 0.25) is 0 Å². The number of aryl methyl sites for hydroxylation is 1. The lowest BCUT2D eigenvalue weighted by molar-refractivity contribution is 0.0697. The third kappa shape index (κ3) is 4.57. The first kappa shape index (κ1) is 22.0. The number of phenolic OH excluding ortho intramolecular Hbond substituents is 1. The fourth-order valence-electron chi connectivity index (χ4n) is 3.71. The van der Waals surface area contributed by atoms with Crippen LogP contribution >= 0.6 is 0 Å². The molecular weight excluding hydrogens is 348 g/mol. The molecule has 0 saturated carbocycles. The van der Waals surface area contributed by atoms with Crippen molar-refractivity contribution in [2.24, 2.45) is 0 Å². The van der Waals surface area contributed by atoms with E-state index in [0.29, 0.717) is 16.7 Å². The van der Waals surface area contributed by atoms with Crippen molar-refractivity contribution >= 4 is 5.97 Å². The summed E-state index contributed by atoms with van der Waals surface area (Å²) in [5.74, 6) is -0.760. The summed E-state index contributed by atoms with van der Waals surface area (Å²) in [5.41, 5.74) is 3.51. The van der Waals surface area contributed by atoms with Gasteiger partial charge in [-0.05, 0) is 40.9 Å². The molecule has 0 saturated heterocycles. The summed E-state index contributed by atoms with van der Waals surface area (Å²) in [6.45, 7) is 14.2. The number of phenols is 1. The molecule has 0 amide bonds. The van der Waals surface area contributed by atoms with E-state index >= 15 is 0 Å². The van der Waals surface area contributed by atoms with Crippen LogP contribution in [-0.4, -0.2) is 16.2 Å². The second kappa shape index (κ2) is 7.98. The minimum Gasteiger partial charge on any atom is -0.507 e. The van der Waals surface area contributed by atoms with E-state index in [9.17, 15) is 15.0 Å². The van der Waals surface area contributed by atoms with E-state index in [1.54, 1.807) is 6.07 Å². The molecular formula is C25H34O3. The molecule has 0 heterocycles. The summed E-state index contributed by atoms with van der Waals surface area (Å²) < 4.78 is 0. The fraction of sp³-hybridized carbons (Fsp3) is 0.480. The summed E-state index contributed by atoms with van der Waals surface area (Å²) in [6.07, 6.45) is 3.16. The highest BCUT2D eigenvalue weighted by atomic mass is 16.4. The van der Waals surface area contributed by atoms with Crippen LogP contribution in [0.4, 0.5) is 0 Å². The molecule has 2 N–H and O–H groups in total. The monoisotopic (exact) mass is 382 g/mol. The zero-order valence-electron chi connectivity index (χ0n) is 18.3. The predicted molar refractivity (Wildman–Crippen MR) is 117 cm³/mol. The van der Waals surface area contributed by atoms with Crippen LogP contribution in [0.25, 0.3) is 11.1 Å². The second-order valence-corrected chi connectivity index (χ2v) is 9.68. The molecule has 28 heavy (non-hydrogen) atoms. The van der Waals surface area contributed by atoms with Gasteiger partial charge in [-0.15, -0.1) is 0 Å². The van der Waals surface area contributed by atoms with Gasteiger partial charge >= 0.3 is 5.97 Å². The van der Waals surface area contributed by atoms with Crippen molar-refractivity contribution in [3.8, 4) is 16.9 Å². The number of rotatable bonds is 5. The van der Waals surface area contributed by atoms with E-state index in [2.05, 4.69) is 19.1 Å². The van der Waals surface area contributed by atoms with Crippen molar-refractivity contribution in [2.45, 2.75) is 78.6 Å². The standard InChI is InChI=1S/C25H34O3/c1-8-9-11-16-12-10-13-17(14-16)20-18(23(27)28)15-19(24(2,3)4)22(26)21(20)25(5,6)7/h10,12-15,26H,8-9,11H2,1-7H3,(H,27,28). The third-order valence-electron chi connectivity index (χ3n) is 5.12. The second-order valence-electron chi connectivity index (χ2n) is 9.68.